The highest BCUT2D eigenvalue weighted by atomic mass is 16.5. The van der Waals surface area contributed by atoms with Crippen molar-refractivity contribution in [3.8, 4) is 17.2 Å². The second-order valence-electron chi connectivity index (χ2n) is 9.26. The molecule has 1 heterocycles. The SMILES string of the molecule is CCCCOc1cccc(C(O)=C2C(=O)C(=O)N(CCCN(CC)CC)C2c2ccc(O)c(OCC)c2)c1. The molecular weight excluding hydrogens is 484 g/mol. The maximum Gasteiger partial charge on any atom is 0.295 e. The molecule has 1 saturated heterocycles. The molecule has 1 atom stereocenters. The monoisotopic (exact) mass is 524 g/mol. The zero-order chi connectivity index (χ0) is 27.7. The lowest BCUT2D eigenvalue weighted by atomic mass is 9.95. The molecule has 0 aromatic heterocycles. The average molecular weight is 525 g/mol. The first-order chi connectivity index (χ1) is 18.4. The highest BCUT2D eigenvalue weighted by Gasteiger charge is 2.46. The molecule has 0 bridgehead atoms. The van der Waals surface area contributed by atoms with Gasteiger partial charge in [-0.25, -0.2) is 0 Å². The Bertz CT molecular complexity index is 1140. The second kappa shape index (κ2) is 13.9. The van der Waals surface area contributed by atoms with Crippen LogP contribution >= 0.6 is 0 Å². The van der Waals surface area contributed by atoms with E-state index in [1.54, 1.807) is 43.3 Å². The van der Waals surface area contributed by atoms with Gasteiger partial charge in [-0.15, -0.1) is 0 Å². The molecular formula is C30H40N2O6. The van der Waals surface area contributed by atoms with Crippen molar-refractivity contribution in [3.05, 3.63) is 59.2 Å². The van der Waals surface area contributed by atoms with Crippen molar-refractivity contribution in [2.24, 2.45) is 0 Å². The van der Waals surface area contributed by atoms with E-state index in [0.29, 0.717) is 43.1 Å². The zero-order valence-corrected chi connectivity index (χ0v) is 22.9. The largest absolute Gasteiger partial charge is 0.507 e. The number of benzene rings is 2. The zero-order valence-electron chi connectivity index (χ0n) is 22.9. The average Bonchev–Trinajstić information content (AvgIpc) is 3.17. The number of carbonyl (C=O) groups excluding carboxylic acids is 2. The quantitative estimate of drug-likeness (QED) is 0.153. The lowest BCUT2D eigenvalue weighted by Crippen LogP contribution is -2.33. The maximum absolute atomic E-state index is 13.4. The van der Waals surface area contributed by atoms with Crippen molar-refractivity contribution in [2.45, 2.75) is 53.0 Å². The predicted octanol–water partition coefficient (Wildman–Crippen LogP) is 5.12. The number of aromatic hydroxyl groups is 1. The summed E-state index contributed by atoms with van der Waals surface area (Å²) >= 11 is 0. The number of unbranched alkanes of at least 4 members (excludes halogenated alkanes) is 1. The van der Waals surface area contributed by atoms with Crippen LogP contribution in [-0.2, 0) is 9.59 Å². The van der Waals surface area contributed by atoms with Crippen molar-refractivity contribution in [1.82, 2.24) is 9.80 Å². The van der Waals surface area contributed by atoms with Crippen LogP contribution in [-0.4, -0.2) is 71.1 Å². The first-order valence-corrected chi connectivity index (χ1v) is 13.6. The Hall–Kier alpha value is -3.52. The number of amides is 1. The van der Waals surface area contributed by atoms with E-state index in [4.69, 9.17) is 9.47 Å². The number of nitrogens with zero attached hydrogens (tertiary/aromatic N) is 2. The summed E-state index contributed by atoms with van der Waals surface area (Å²) in [5.41, 5.74) is 0.982. The number of phenols is 1. The summed E-state index contributed by atoms with van der Waals surface area (Å²) in [6.07, 6.45) is 2.56. The number of hydrogen-bond acceptors (Lipinski definition) is 7. The van der Waals surface area contributed by atoms with Gasteiger partial charge in [-0.05, 0) is 69.2 Å². The molecule has 2 aromatic carbocycles. The van der Waals surface area contributed by atoms with Gasteiger partial charge in [0.15, 0.2) is 11.5 Å². The summed E-state index contributed by atoms with van der Waals surface area (Å²) in [5.74, 6) is -0.852. The number of rotatable bonds is 14. The highest BCUT2D eigenvalue weighted by Crippen LogP contribution is 2.42. The molecule has 1 fully saturated rings. The van der Waals surface area contributed by atoms with Gasteiger partial charge in [-0.3, -0.25) is 9.59 Å². The lowest BCUT2D eigenvalue weighted by Gasteiger charge is -2.27. The number of phenolic OH excluding ortho intramolecular Hbond substituents is 1. The normalized spacial score (nSPS) is 16.9. The number of aliphatic hydroxyl groups excluding tert-OH is 1. The van der Waals surface area contributed by atoms with Gasteiger partial charge in [-0.2, -0.15) is 0 Å². The fraction of sp³-hybridized carbons (Fsp3) is 0.467. The standard InChI is InChI=1S/C30H40N2O6/c1-5-9-18-38-23-13-10-12-22(19-23)28(34)26-27(21-14-15-24(33)25(20-21)37-8-4)32(30(36)29(26)35)17-11-16-31(6-2)7-3/h10,12-15,19-20,27,33-34H,5-9,11,16-18H2,1-4H3. The van der Waals surface area contributed by atoms with Crippen molar-refractivity contribution in [3.63, 3.8) is 0 Å². The van der Waals surface area contributed by atoms with E-state index >= 15 is 0 Å². The van der Waals surface area contributed by atoms with Crippen molar-refractivity contribution >= 4 is 17.4 Å². The van der Waals surface area contributed by atoms with E-state index in [1.807, 2.05) is 0 Å². The molecule has 8 nitrogen and oxygen atoms in total. The van der Waals surface area contributed by atoms with Crippen LogP contribution in [0.25, 0.3) is 5.76 Å². The van der Waals surface area contributed by atoms with Gasteiger partial charge in [0, 0.05) is 12.1 Å². The minimum atomic E-state index is -0.823. The van der Waals surface area contributed by atoms with Gasteiger partial charge < -0.3 is 29.5 Å². The molecule has 38 heavy (non-hydrogen) atoms. The molecule has 8 heteroatoms. The van der Waals surface area contributed by atoms with Crippen LogP contribution in [0.3, 0.4) is 0 Å². The minimum Gasteiger partial charge on any atom is -0.507 e. The Morgan fingerprint density at radius 3 is 2.45 bits per heavy atom. The van der Waals surface area contributed by atoms with E-state index in [1.165, 1.54) is 11.0 Å². The van der Waals surface area contributed by atoms with Gasteiger partial charge in [0.25, 0.3) is 11.7 Å². The number of hydrogen-bond donors (Lipinski definition) is 2. The molecule has 0 spiro atoms. The molecule has 1 unspecified atom stereocenters. The summed E-state index contributed by atoms with van der Waals surface area (Å²) in [4.78, 5) is 30.4. The van der Waals surface area contributed by atoms with Crippen LogP contribution in [0.2, 0.25) is 0 Å². The van der Waals surface area contributed by atoms with E-state index in [0.717, 1.165) is 32.5 Å². The first kappa shape index (κ1) is 29.0. The molecule has 2 N–H and O–H groups in total. The van der Waals surface area contributed by atoms with Gasteiger partial charge >= 0.3 is 0 Å². The van der Waals surface area contributed by atoms with E-state index < -0.39 is 17.7 Å². The van der Waals surface area contributed by atoms with Crippen LogP contribution in [0.15, 0.2) is 48.0 Å². The number of ether oxygens (including phenoxy) is 2. The number of Topliss-reactive ketones (excluding diaryl/α,β-unsaturated/α-hetero) is 1. The fourth-order valence-corrected chi connectivity index (χ4v) is 4.66. The molecule has 0 saturated carbocycles. The molecule has 206 valence electrons. The minimum absolute atomic E-state index is 0.0108. The van der Waals surface area contributed by atoms with Crippen LogP contribution in [0.4, 0.5) is 0 Å². The maximum atomic E-state index is 13.4. The highest BCUT2D eigenvalue weighted by molar-refractivity contribution is 6.46. The molecule has 1 amide bonds. The molecule has 1 aliphatic heterocycles. The molecule has 0 aliphatic carbocycles. The second-order valence-corrected chi connectivity index (χ2v) is 9.26. The van der Waals surface area contributed by atoms with Gasteiger partial charge in [0.05, 0.1) is 24.8 Å². The predicted molar refractivity (Wildman–Crippen MR) is 148 cm³/mol. The molecule has 1 aliphatic rings. The van der Waals surface area contributed by atoms with Crippen LogP contribution in [0, 0.1) is 0 Å². The van der Waals surface area contributed by atoms with E-state index in [2.05, 4.69) is 25.7 Å². The summed E-state index contributed by atoms with van der Waals surface area (Å²) in [5, 5.41) is 21.7. The summed E-state index contributed by atoms with van der Waals surface area (Å²) < 4.78 is 11.4. The molecule has 3 rings (SSSR count). The molecule has 0 radical (unpaired) electrons. The third kappa shape index (κ3) is 6.67. The number of aliphatic hydroxyl groups is 1. The smallest absolute Gasteiger partial charge is 0.295 e. The van der Waals surface area contributed by atoms with E-state index in [9.17, 15) is 19.8 Å². The topological polar surface area (TPSA) is 99.5 Å². The van der Waals surface area contributed by atoms with E-state index in [-0.39, 0.29) is 22.8 Å². The van der Waals surface area contributed by atoms with Gasteiger partial charge in [0.2, 0.25) is 0 Å². The Morgan fingerprint density at radius 1 is 1.00 bits per heavy atom. The Kier molecular flexibility index (Phi) is 10.6. The molecule has 2 aromatic rings. The fourth-order valence-electron chi connectivity index (χ4n) is 4.66. The number of carbonyl (C=O) groups is 2. The Labute approximate surface area is 225 Å². The first-order valence-electron chi connectivity index (χ1n) is 13.6. The Morgan fingerprint density at radius 2 is 1.76 bits per heavy atom. The van der Waals surface area contributed by atoms with Crippen LogP contribution in [0.1, 0.15) is 64.1 Å². The number of likely N-dealkylation sites (tertiary alicyclic amines) is 1. The van der Waals surface area contributed by atoms with Crippen LogP contribution < -0.4 is 9.47 Å². The van der Waals surface area contributed by atoms with Gasteiger partial charge in [0.1, 0.15) is 11.5 Å². The summed E-state index contributed by atoms with van der Waals surface area (Å²) in [7, 11) is 0. The lowest BCUT2D eigenvalue weighted by molar-refractivity contribution is -0.140. The summed E-state index contributed by atoms with van der Waals surface area (Å²) in [6.45, 7) is 11.8. The summed E-state index contributed by atoms with van der Waals surface area (Å²) in [6, 6.07) is 10.9. The Balaban J connectivity index is 2.05. The van der Waals surface area contributed by atoms with Crippen molar-refractivity contribution < 1.29 is 29.3 Å². The van der Waals surface area contributed by atoms with Gasteiger partial charge in [-0.1, -0.05) is 45.4 Å². The van der Waals surface area contributed by atoms with Crippen molar-refractivity contribution in [1.29, 1.82) is 0 Å². The third-order valence-electron chi connectivity index (χ3n) is 6.78. The third-order valence-corrected chi connectivity index (χ3v) is 6.78. The van der Waals surface area contributed by atoms with Crippen LogP contribution in [0.5, 0.6) is 17.2 Å². The van der Waals surface area contributed by atoms with Crippen molar-refractivity contribution in [2.75, 3.05) is 39.4 Å². The number of ketones is 1.